The summed E-state index contributed by atoms with van der Waals surface area (Å²) in [5.41, 5.74) is 1.92. The lowest BCUT2D eigenvalue weighted by Gasteiger charge is -2.05. The van der Waals surface area contributed by atoms with Gasteiger partial charge in [0.15, 0.2) is 11.4 Å². The molecule has 0 saturated carbocycles. The monoisotopic (exact) mass is 297 g/mol. The van der Waals surface area contributed by atoms with E-state index >= 15 is 0 Å². The van der Waals surface area contributed by atoms with E-state index in [1.807, 2.05) is 60.8 Å². The SMILES string of the molecule is COc1cccc(N=C(NC#N)SCc2ccccc2)c1. The number of hydrogen-bond acceptors (Lipinski definition) is 4. The molecule has 0 fully saturated rings. The Hall–Kier alpha value is -2.45. The van der Waals surface area contributed by atoms with E-state index < -0.39 is 0 Å². The van der Waals surface area contributed by atoms with E-state index in [0.29, 0.717) is 5.17 Å². The topological polar surface area (TPSA) is 57.4 Å². The first kappa shape index (κ1) is 14.9. The quantitative estimate of drug-likeness (QED) is 0.405. The molecule has 106 valence electrons. The van der Waals surface area contributed by atoms with Gasteiger partial charge in [-0.05, 0) is 17.7 Å². The summed E-state index contributed by atoms with van der Waals surface area (Å²) in [4.78, 5) is 4.44. The molecule has 0 radical (unpaired) electrons. The zero-order valence-corrected chi connectivity index (χ0v) is 12.4. The van der Waals surface area contributed by atoms with Crippen molar-refractivity contribution in [1.29, 1.82) is 5.26 Å². The van der Waals surface area contributed by atoms with E-state index in [1.165, 1.54) is 17.3 Å². The van der Waals surface area contributed by atoms with Crippen molar-refractivity contribution in [3.8, 4) is 11.9 Å². The molecule has 2 rings (SSSR count). The number of nitrogens with one attached hydrogen (secondary N) is 1. The van der Waals surface area contributed by atoms with Crippen LogP contribution in [0.5, 0.6) is 5.75 Å². The minimum Gasteiger partial charge on any atom is -0.497 e. The minimum atomic E-state index is 0.564. The lowest BCUT2D eigenvalue weighted by atomic mass is 10.2. The van der Waals surface area contributed by atoms with Crippen LogP contribution in [0, 0.1) is 11.5 Å². The van der Waals surface area contributed by atoms with Crippen molar-refractivity contribution in [3.05, 3.63) is 60.2 Å². The second-order valence-corrected chi connectivity index (χ2v) is 5.09. The highest BCUT2D eigenvalue weighted by Gasteiger charge is 2.02. The molecule has 0 aliphatic carbocycles. The fourth-order valence-corrected chi connectivity index (χ4v) is 2.45. The maximum atomic E-state index is 8.83. The number of hydrogen-bond donors (Lipinski definition) is 1. The highest BCUT2D eigenvalue weighted by molar-refractivity contribution is 8.13. The third kappa shape index (κ3) is 4.86. The van der Waals surface area contributed by atoms with Gasteiger partial charge >= 0.3 is 0 Å². The fraction of sp³-hybridized carbons (Fsp3) is 0.125. The molecule has 21 heavy (non-hydrogen) atoms. The second-order valence-electron chi connectivity index (χ2n) is 4.13. The molecule has 0 bridgehead atoms. The van der Waals surface area contributed by atoms with Crippen molar-refractivity contribution in [1.82, 2.24) is 5.32 Å². The van der Waals surface area contributed by atoms with E-state index in [1.54, 1.807) is 7.11 Å². The molecule has 0 spiro atoms. The van der Waals surface area contributed by atoms with Crippen molar-refractivity contribution in [2.45, 2.75) is 5.75 Å². The van der Waals surface area contributed by atoms with E-state index in [2.05, 4.69) is 10.3 Å². The number of aliphatic imine (C=N–C) groups is 1. The summed E-state index contributed by atoms with van der Waals surface area (Å²) >= 11 is 1.48. The molecule has 0 amide bonds. The molecule has 1 N–H and O–H groups in total. The van der Waals surface area contributed by atoms with Crippen molar-refractivity contribution in [2.75, 3.05) is 7.11 Å². The molecular formula is C16H15N3OS. The molecule has 0 saturated heterocycles. The zero-order valence-electron chi connectivity index (χ0n) is 11.6. The molecule has 0 aromatic heterocycles. The largest absolute Gasteiger partial charge is 0.497 e. The van der Waals surface area contributed by atoms with Crippen LogP contribution in [0.25, 0.3) is 0 Å². The Kier molecular flexibility index (Phi) is 5.68. The maximum Gasteiger partial charge on any atom is 0.183 e. The lowest BCUT2D eigenvalue weighted by Crippen LogP contribution is -2.13. The third-order valence-corrected chi connectivity index (χ3v) is 3.61. The van der Waals surface area contributed by atoms with Crippen LogP contribution >= 0.6 is 11.8 Å². The first-order chi connectivity index (χ1) is 10.3. The molecule has 0 unspecified atom stereocenters. The van der Waals surface area contributed by atoms with Gasteiger partial charge in [0.05, 0.1) is 12.8 Å². The summed E-state index contributed by atoms with van der Waals surface area (Å²) in [6, 6.07) is 17.5. The smallest absolute Gasteiger partial charge is 0.183 e. The molecule has 0 atom stereocenters. The van der Waals surface area contributed by atoms with E-state index in [0.717, 1.165) is 17.2 Å². The van der Waals surface area contributed by atoms with E-state index in [-0.39, 0.29) is 0 Å². The summed E-state index contributed by atoms with van der Waals surface area (Å²) in [7, 11) is 1.61. The molecule has 0 aliphatic heterocycles. The lowest BCUT2D eigenvalue weighted by molar-refractivity contribution is 0.415. The van der Waals surface area contributed by atoms with Crippen molar-refractivity contribution in [3.63, 3.8) is 0 Å². The van der Waals surface area contributed by atoms with Crippen molar-refractivity contribution in [2.24, 2.45) is 4.99 Å². The van der Waals surface area contributed by atoms with Gasteiger partial charge in [0.2, 0.25) is 0 Å². The number of rotatable bonds is 4. The number of benzene rings is 2. The number of methoxy groups -OCH3 is 1. The van der Waals surface area contributed by atoms with Crippen molar-refractivity contribution >= 4 is 22.6 Å². The van der Waals surface area contributed by atoms with Gasteiger partial charge in [-0.1, -0.05) is 48.2 Å². The average Bonchev–Trinajstić information content (AvgIpc) is 2.54. The maximum absolute atomic E-state index is 8.83. The van der Waals surface area contributed by atoms with Crippen LogP contribution in [0.1, 0.15) is 5.56 Å². The molecule has 4 nitrogen and oxygen atoms in total. The Morgan fingerprint density at radius 1 is 1.24 bits per heavy atom. The van der Waals surface area contributed by atoms with Crippen LogP contribution in [-0.4, -0.2) is 12.3 Å². The third-order valence-electron chi connectivity index (χ3n) is 2.67. The number of nitriles is 1. The van der Waals surface area contributed by atoms with Gasteiger partial charge < -0.3 is 4.74 Å². The van der Waals surface area contributed by atoms with E-state index in [4.69, 9.17) is 10.00 Å². The standard InChI is InChI=1S/C16H15N3OS/c1-20-15-9-5-8-14(10-15)19-16(18-12-17)21-11-13-6-3-2-4-7-13/h2-10H,11H2,1H3,(H,18,19). The first-order valence-corrected chi connectivity index (χ1v) is 7.35. The first-order valence-electron chi connectivity index (χ1n) is 6.36. The van der Waals surface area contributed by atoms with Gasteiger partial charge in [-0.25, -0.2) is 4.99 Å². The Balaban J connectivity index is 2.10. The van der Waals surface area contributed by atoms with Crippen LogP contribution in [0.15, 0.2) is 59.6 Å². The van der Waals surface area contributed by atoms with Crippen LogP contribution in [0.3, 0.4) is 0 Å². The Labute approximate surface area is 128 Å². The van der Waals surface area contributed by atoms with Crippen LogP contribution < -0.4 is 10.1 Å². The second kappa shape index (κ2) is 7.98. The molecule has 2 aromatic rings. The predicted molar refractivity (Wildman–Crippen MR) is 86.6 cm³/mol. The molecule has 0 heterocycles. The highest BCUT2D eigenvalue weighted by atomic mass is 32.2. The van der Waals surface area contributed by atoms with E-state index in [9.17, 15) is 0 Å². The predicted octanol–water partition coefficient (Wildman–Crippen LogP) is 3.69. The van der Waals surface area contributed by atoms with Gasteiger partial charge in [-0.3, -0.25) is 5.32 Å². The van der Waals surface area contributed by atoms with Crippen LogP contribution in [-0.2, 0) is 5.75 Å². The van der Waals surface area contributed by atoms with Crippen LogP contribution in [0.2, 0.25) is 0 Å². The van der Waals surface area contributed by atoms with Gasteiger partial charge in [0.25, 0.3) is 0 Å². The zero-order chi connectivity index (χ0) is 14.9. The summed E-state index contributed by atoms with van der Waals surface area (Å²) < 4.78 is 5.16. The molecule has 2 aromatic carbocycles. The molecule has 5 heteroatoms. The summed E-state index contributed by atoms with van der Waals surface area (Å²) in [5.74, 6) is 1.49. The Morgan fingerprint density at radius 2 is 2.05 bits per heavy atom. The number of amidine groups is 1. The van der Waals surface area contributed by atoms with Gasteiger partial charge in [-0.15, -0.1) is 0 Å². The summed E-state index contributed by atoms with van der Waals surface area (Å²) in [5, 5.41) is 12.0. The van der Waals surface area contributed by atoms with Crippen LogP contribution in [0.4, 0.5) is 5.69 Å². The fourth-order valence-electron chi connectivity index (χ4n) is 1.67. The summed E-state index contributed by atoms with van der Waals surface area (Å²) in [6.07, 6.45) is 1.92. The minimum absolute atomic E-state index is 0.564. The Bertz CT molecular complexity index is 650. The number of ether oxygens (including phenoxy) is 1. The summed E-state index contributed by atoms with van der Waals surface area (Å²) in [6.45, 7) is 0. The van der Waals surface area contributed by atoms with Gasteiger partial charge in [0.1, 0.15) is 5.75 Å². The number of nitrogens with zero attached hydrogens (tertiary/aromatic N) is 2. The number of thioether (sulfide) groups is 1. The van der Waals surface area contributed by atoms with Crippen molar-refractivity contribution < 1.29 is 4.74 Å². The Morgan fingerprint density at radius 3 is 2.76 bits per heavy atom. The van der Waals surface area contributed by atoms with Gasteiger partial charge in [-0.2, -0.15) is 5.26 Å². The average molecular weight is 297 g/mol. The molecular weight excluding hydrogens is 282 g/mol. The van der Waals surface area contributed by atoms with Gasteiger partial charge in [0, 0.05) is 11.8 Å². The normalized spacial score (nSPS) is 10.8. The molecule has 0 aliphatic rings. The highest BCUT2D eigenvalue weighted by Crippen LogP contribution is 2.22.